The molecule has 0 bridgehead atoms. The van der Waals surface area contributed by atoms with Gasteiger partial charge in [0.25, 0.3) is 0 Å². The SMILES string of the molecule is Cc1ccccc1.O=[PH]([O-])O[PH](=O)[O-].[Na+].[Na+]. The first-order chi connectivity index (χ1) is 6.52. The average Bonchev–Trinajstić information content (AvgIpc) is 2.03. The average molecular weight is 282 g/mol. The first-order valence-corrected chi connectivity index (χ1v) is 6.08. The predicted octanol–water partition coefficient (Wildman–Crippen LogP) is -5.49. The van der Waals surface area contributed by atoms with Crippen molar-refractivity contribution in [3.8, 4) is 0 Å². The van der Waals surface area contributed by atoms with E-state index in [-0.39, 0.29) is 59.1 Å². The zero-order chi connectivity index (χ0) is 11.0. The quantitative estimate of drug-likeness (QED) is 0.399. The van der Waals surface area contributed by atoms with E-state index in [1.54, 1.807) is 0 Å². The molecule has 80 valence electrons. The minimum Gasteiger partial charge on any atom is -0.781 e. The molecule has 0 spiro atoms. The largest absolute Gasteiger partial charge is 1.00 e. The van der Waals surface area contributed by atoms with Gasteiger partial charge in [0.2, 0.25) is 0 Å². The van der Waals surface area contributed by atoms with Gasteiger partial charge < -0.3 is 18.9 Å². The van der Waals surface area contributed by atoms with Crippen LogP contribution in [0.1, 0.15) is 5.56 Å². The van der Waals surface area contributed by atoms with Crippen LogP contribution in [0.4, 0.5) is 0 Å². The fraction of sp³-hybridized carbons (Fsp3) is 0.143. The molecular formula is C7H10Na2O5P2. The Morgan fingerprint density at radius 3 is 1.50 bits per heavy atom. The Kier molecular flexibility index (Phi) is 20.8. The summed E-state index contributed by atoms with van der Waals surface area (Å²) in [6.07, 6.45) is 0. The summed E-state index contributed by atoms with van der Waals surface area (Å²) in [4.78, 5) is 18.6. The van der Waals surface area contributed by atoms with Crippen molar-refractivity contribution in [1.29, 1.82) is 0 Å². The van der Waals surface area contributed by atoms with E-state index in [4.69, 9.17) is 0 Å². The third-order valence-corrected chi connectivity index (χ3v) is 2.44. The van der Waals surface area contributed by atoms with Gasteiger partial charge in [0.1, 0.15) is 16.5 Å². The molecule has 0 fully saturated rings. The number of aryl methyl sites for hydroxylation is 1. The molecule has 0 radical (unpaired) electrons. The minimum atomic E-state index is -3.51. The summed E-state index contributed by atoms with van der Waals surface area (Å²) in [5.74, 6) is 0. The van der Waals surface area contributed by atoms with Crippen molar-refractivity contribution in [3.63, 3.8) is 0 Å². The number of hydrogen-bond acceptors (Lipinski definition) is 5. The molecule has 1 aromatic carbocycles. The van der Waals surface area contributed by atoms with Crippen LogP contribution >= 0.6 is 16.5 Å². The second kappa shape index (κ2) is 14.6. The third-order valence-electron chi connectivity index (χ3n) is 1.11. The molecule has 0 amide bonds. The van der Waals surface area contributed by atoms with E-state index in [9.17, 15) is 18.9 Å². The van der Waals surface area contributed by atoms with Crippen LogP contribution in [0.5, 0.6) is 0 Å². The molecule has 0 saturated heterocycles. The summed E-state index contributed by atoms with van der Waals surface area (Å²) >= 11 is 0. The molecule has 0 N–H and O–H groups in total. The maximum Gasteiger partial charge on any atom is 1.00 e. The van der Waals surface area contributed by atoms with Crippen molar-refractivity contribution in [2.24, 2.45) is 0 Å². The van der Waals surface area contributed by atoms with Gasteiger partial charge in [-0.15, -0.1) is 0 Å². The standard InChI is InChI=1S/C7H8.2Na.H4O5P2/c1-7-5-3-2-4-6-7;;;1-6(2)5-7(3)4/h2-6H,1H3;;;6-7H,(H,1,2)(H,3,4)/q;2*+1;/p-2. The number of benzene rings is 1. The Hall–Kier alpha value is 1.56. The maximum absolute atomic E-state index is 9.29. The Morgan fingerprint density at radius 1 is 1.00 bits per heavy atom. The molecule has 0 heterocycles. The summed E-state index contributed by atoms with van der Waals surface area (Å²) in [6, 6.07) is 10.3. The first-order valence-electron chi connectivity index (χ1n) is 3.64. The monoisotopic (exact) mass is 282 g/mol. The number of rotatable bonds is 2. The van der Waals surface area contributed by atoms with Gasteiger partial charge in [-0.2, -0.15) is 0 Å². The summed E-state index contributed by atoms with van der Waals surface area (Å²) in [5, 5.41) is 0. The van der Waals surface area contributed by atoms with E-state index < -0.39 is 16.5 Å². The van der Waals surface area contributed by atoms with Crippen LogP contribution in [0, 0.1) is 6.92 Å². The van der Waals surface area contributed by atoms with E-state index >= 15 is 0 Å². The Labute approximate surface area is 140 Å². The molecular weight excluding hydrogens is 272 g/mol. The summed E-state index contributed by atoms with van der Waals surface area (Å²) < 4.78 is 21.8. The molecule has 0 aliphatic rings. The summed E-state index contributed by atoms with van der Waals surface area (Å²) in [6.45, 7) is 2.08. The molecule has 2 unspecified atom stereocenters. The third kappa shape index (κ3) is 17.9. The van der Waals surface area contributed by atoms with E-state index in [2.05, 4.69) is 23.4 Å². The van der Waals surface area contributed by atoms with Gasteiger partial charge in [0.05, 0.1) is 0 Å². The smallest absolute Gasteiger partial charge is 0.781 e. The van der Waals surface area contributed by atoms with Crippen molar-refractivity contribution in [1.82, 2.24) is 0 Å². The van der Waals surface area contributed by atoms with Crippen LogP contribution in [-0.2, 0) is 13.4 Å². The normalized spacial score (nSPS) is 11.9. The van der Waals surface area contributed by atoms with Crippen LogP contribution in [0.2, 0.25) is 0 Å². The van der Waals surface area contributed by atoms with Crippen molar-refractivity contribution >= 4 is 16.5 Å². The van der Waals surface area contributed by atoms with Gasteiger partial charge in [-0.25, -0.2) is 0 Å². The van der Waals surface area contributed by atoms with Crippen LogP contribution < -0.4 is 68.9 Å². The van der Waals surface area contributed by atoms with Gasteiger partial charge >= 0.3 is 59.1 Å². The van der Waals surface area contributed by atoms with Gasteiger partial charge in [-0.3, -0.25) is 4.31 Å². The fourth-order valence-electron chi connectivity index (χ4n) is 0.602. The zero-order valence-electron chi connectivity index (χ0n) is 9.43. The zero-order valence-corrected chi connectivity index (χ0v) is 15.4. The molecule has 1 aromatic rings. The molecule has 16 heavy (non-hydrogen) atoms. The molecule has 0 aromatic heterocycles. The summed E-state index contributed by atoms with van der Waals surface area (Å²) in [5.41, 5.74) is 1.32. The Bertz CT molecular complexity index is 297. The van der Waals surface area contributed by atoms with Crippen molar-refractivity contribution in [3.05, 3.63) is 35.9 Å². The van der Waals surface area contributed by atoms with Gasteiger partial charge in [-0.1, -0.05) is 35.9 Å². The van der Waals surface area contributed by atoms with Crippen LogP contribution in [-0.4, -0.2) is 0 Å². The van der Waals surface area contributed by atoms with Gasteiger partial charge in [-0.05, 0) is 6.92 Å². The molecule has 2 atom stereocenters. The van der Waals surface area contributed by atoms with Crippen LogP contribution in [0.25, 0.3) is 0 Å². The van der Waals surface area contributed by atoms with Crippen molar-refractivity contribution < 1.29 is 82.3 Å². The molecule has 5 nitrogen and oxygen atoms in total. The summed E-state index contributed by atoms with van der Waals surface area (Å²) in [7, 11) is -7.03. The van der Waals surface area contributed by atoms with Gasteiger partial charge in [0.15, 0.2) is 0 Å². The minimum absolute atomic E-state index is 0. The van der Waals surface area contributed by atoms with Crippen molar-refractivity contribution in [2.75, 3.05) is 0 Å². The number of hydrogen-bond donors (Lipinski definition) is 0. The molecule has 0 saturated carbocycles. The van der Waals surface area contributed by atoms with Crippen molar-refractivity contribution in [2.45, 2.75) is 6.92 Å². The van der Waals surface area contributed by atoms with E-state index in [0.717, 1.165) is 0 Å². The molecule has 1 rings (SSSR count). The Balaban J connectivity index is -0.000000188. The van der Waals surface area contributed by atoms with E-state index in [0.29, 0.717) is 0 Å². The fourth-order valence-corrected chi connectivity index (χ4v) is 1.15. The maximum atomic E-state index is 9.29. The predicted molar refractivity (Wildman–Crippen MR) is 50.3 cm³/mol. The van der Waals surface area contributed by atoms with E-state index in [1.807, 2.05) is 18.2 Å². The molecule has 0 aliphatic carbocycles. The van der Waals surface area contributed by atoms with Crippen LogP contribution in [0.3, 0.4) is 0 Å². The van der Waals surface area contributed by atoms with Gasteiger partial charge in [0, 0.05) is 0 Å². The second-order valence-corrected chi connectivity index (χ2v) is 4.07. The van der Waals surface area contributed by atoms with Crippen LogP contribution in [0.15, 0.2) is 30.3 Å². The second-order valence-electron chi connectivity index (χ2n) is 2.26. The Morgan fingerprint density at radius 2 is 1.38 bits per heavy atom. The topological polar surface area (TPSA) is 89.5 Å². The molecule has 0 aliphatic heterocycles. The first kappa shape index (κ1) is 22.7. The molecule has 9 heteroatoms. The van der Waals surface area contributed by atoms with E-state index in [1.165, 1.54) is 5.56 Å².